The van der Waals surface area contributed by atoms with Crippen LogP contribution < -0.4 is 19.7 Å². The average molecular weight is 412 g/mol. The molecule has 158 valence electrons. The van der Waals surface area contributed by atoms with Gasteiger partial charge in [-0.15, -0.1) is 5.10 Å². The van der Waals surface area contributed by atoms with E-state index < -0.39 is 0 Å². The number of carbonyl (C=O) groups excluding carboxylic acids is 1. The van der Waals surface area contributed by atoms with E-state index in [-0.39, 0.29) is 6.03 Å². The second-order valence-electron chi connectivity index (χ2n) is 6.75. The Morgan fingerprint density at radius 1 is 1.13 bits per heavy atom. The lowest BCUT2D eigenvalue weighted by Gasteiger charge is -2.35. The van der Waals surface area contributed by atoms with Crippen LogP contribution in [-0.2, 0) is 6.54 Å². The molecule has 0 atom stereocenters. The van der Waals surface area contributed by atoms with E-state index in [1.165, 1.54) is 6.33 Å². The minimum atomic E-state index is -0.178. The van der Waals surface area contributed by atoms with Crippen LogP contribution >= 0.6 is 0 Å². The number of benzene rings is 1. The molecule has 1 aliphatic heterocycles. The molecule has 1 aliphatic rings. The van der Waals surface area contributed by atoms with Gasteiger partial charge in [-0.3, -0.25) is 0 Å². The van der Waals surface area contributed by atoms with Crippen molar-refractivity contribution in [2.24, 2.45) is 0 Å². The Bertz CT molecular complexity index is 1050. The number of rotatable bonds is 5. The van der Waals surface area contributed by atoms with E-state index in [1.807, 2.05) is 6.92 Å². The van der Waals surface area contributed by atoms with Crippen LogP contribution in [-0.4, -0.2) is 76.3 Å². The zero-order valence-corrected chi connectivity index (χ0v) is 17.2. The fraction of sp³-hybridized carbons (Fsp3) is 0.421. The molecular formula is C19H24N8O3. The van der Waals surface area contributed by atoms with Crippen LogP contribution in [0.15, 0.2) is 24.5 Å². The molecule has 4 rings (SSSR count). The molecule has 1 N–H and O–H groups in total. The van der Waals surface area contributed by atoms with Crippen molar-refractivity contribution in [1.29, 1.82) is 0 Å². The number of ether oxygens (including phenoxy) is 2. The van der Waals surface area contributed by atoms with Crippen molar-refractivity contribution in [3.8, 4) is 11.5 Å². The van der Waals surface area contributed by atoms with Gasteiger partial charge in [-0.05, 0) is 19.1 Å². The van der Waals surface area contributed by atoms with Crippen molar-refractivity contribution < 1.29 is 14.3 Å². The number of methoxy groups -OCH3 is 2. The third-order valence-corrected chi connectivity index (χ3v) is 5.10. The fourth-order valence-electron chi connectivity index (χ4n) is 3.44. The van der Waals surface area contributed by atoms with E-state index in [1.54, 1.807) is 42.0 Å². The molecule has 1 saturated heterocycles. The minimum absolute atomic E-state index is 0.178. The van der Waals surface area contributed by atoms with Crippen LogP contribution in [0.5, 0.6) is 11.5 Å². The van der Waals surface area contributed by atoms with Crippen molar-refractivity contribution in [2.45, 2.75) is 13.5 Å². The Morgan fingerprint density at radius 3 is 2.63 bits per heavy atom. The third-order valence-electron chi connectivity index (χ3n) is 5.10. The predicted molar refractivity (Wildman–Crippen MR) is 111 cm³/mol. The molecule has 0 saturated carbocycles. The molecule has 0 aliphatic carbocycles. The summed E-state index contributed by atoms with van der Waals surface area (Å²) in [7, 11) is 3.14. The highest BCUT2D eigenvalue weighted by Crippen LogP contribution is 2.29. The Labute approximate surface area is 173 Å². The number of aromatic nitrogens is 5. The molecule has 11 heteroatoms. The zero-order valence-electron chi connectivity index (χ0n) is 17.2. The molecule has 0 spiro atoms. The van der Waals surface area contributed by atoms with Crippen molar-refractivity contribution in [3.63, 3.8) is 0 Å². The highest BCUT2D eigenvalue weighted by molar-refractivity contribution is 5.91. The molecule has 0 radical (unpaired) electrons. The van der Waals surface area contributed by atoms with Crippen molar-refractivity contribution in [1.82, 2.24) is 29.9 Å². The van der Waals surface area contributed by atoms with Crippen LogP contribution in [0.25, 0.3) is 11.2 Å². The lowest BCUT2D eigenvalue weighted by atomic mass is 10.2. The summed E-state index contributed by atoms with van der Waals surface area (Å²) in [5.41, 5.74) is 1.99. The Hall–Kier alpha value is -3.63. The summed E-state index contributed by atoms with van der Waals surface area (Å²) in [6.45, 7) is 5.06. The van der Waals surface area contributed by atoms with Gasteiger partial charge in [-0.2, -0.15) is 0 Å². The largest absolute Gasteiger partial charge is 0.497 e. The number of hydrogen-bond donors (Lipinski definition) is 1. The molecule has 0 unspecified atom stereocenters. The highest BCUT2D eigenvalue weighted by Gasteiger charge is 2.25. The van der Waals surface area contributed by atoms with Gasteiger partial charge in [0.1, 0.15) is 17.8 Å². The van der Waals surface area contributed by atoms with Crippen molar-refractivity contribution in [3.05, 3.63) is 24.5 Å². The maximum atomic E-state index is 12.7. The summed E-state index contributed by atoms with van der Waals surface area (Å²) in [6.07, 6.45) is 1.53. The molecule has 2 aromatic heterocycles. The lowest BCUT2D eigenvalue weighted by molar-refractivity contribution is 0.208. The number of nitrogens with zero attached hydrogens (tertiary/aromatic N) is 7. The maximum Gasteiger partial charge on any atom is 0.322 e. The first kappa shape index (κ1) is 19.7. The van der Waals surface area contributed by atoms with Gasteiger partial charge in [-0.1, -0.05) is 5.21 Å². The monoisotopic (exact) mass is 412 g/mol. The predicted octanol–water partition coefficient (Wildman–Crippen LogP) is 1.61. The molecule has 11 nitrogen and oxygen atoms in total. The number of carbonyl (C=O) groups is 1. The quantitative estimate of drug-likeness (QED) is 0.673. The number of anilines is 2. The van der Waals surface area contributed by atoms with Gasteiger partial charge in [0.2, 0.25) is 0 Å². The lowest BCUT2D eigenvalue weighted by Crippen LogP contribution is -2.50. The van der Waals surface area contributed by atoms with Gasteiger partial charge >= 0.3 is 6.03 Å². The van der Waals surface area contributed by atoms with Gasteiger partial charge < -0.3 is 24.6 Å². The van der Waals surface area contributed by atoms with Crippen molar-refractivity contribution >= 4 is 28.7 Å². The zero-order chi connectivity index (χ0) is 21.1. The normalized spacial score (nSPS) is 14.1. The molecule has 0 bridgehead atoms. The first-order valence-electron chi connectivity index (χ1n) is 9.71. The summed E-state index contributed by atoms with van der Waals surface area (Å²) in [4.78, 5) is 25.3. The molecular weight excluding hydrogens is 388 g/mol. The Kier molecular flexibility index (Phi) is 5.50. The van der Waals surface area contributed by atoms with Gasteiger partial charge in [0.05, 0.1) is 19.9 Å². The summed E-state index contributed by atoms with van der Waals surface area (Å²) in [5.74, 6) is 1.95. The second-order valence-corrected chi connectivity index (χ2v) is 6.75. The van der Waals surface area contributed by atoms with Crippen LogP contribution in [0.1, 0.15) is 6.92 Å². The molecule has 1 fully saturated rings. The van der Waals surface area contributed by atoms with E-state index >= 15 is 0 Å². The van der Waals surface area contributed by atoms with E-state index in [0.717, 1.165) is 5.82 Å². The van der Waals surface area contributed by atoms with Gasteiger partial charge in [-0.25, -0.2) is 19.4 Å². The Morgan fingerprint density at radius 2 is 1.93 bits per heavy atom. The van der Waals surface area contributed by atoms with E-state index in [0.29, 0.717) is 61.1 Å². The van der Waals surface area contributed by atoms with E-state index in [2.05, 4.69) is 30.5 Å². The summed E-state index contributed by atoms with van der Waals surface area (Å²) in [5, 5.41) is 11.3. The first-order chi connectivity index (χ1) is 14.6. The molecule has 3 aromatic rings. The number of amides is 2. The summed E-state index contributed by atoms with van der Waals surface area (Å²) < 4.78 is 12.3. The molecule has 2 amide bonds. The smallest absolute Gasteiger partial charge is 0.322 e. The highest BCUT2D eigenvalue weighted by atomic mass is 16.5. The SMILES string of the molecule is CCn1nnc2c(N3CCN(C(=O)Nc4ccc(OC)cc4OC)CC3)ncnc21. The molecule has 1 aromatic carbocycles. The van der Waals surface area contributed by atoms with E-state index in [9.17, 15) is 4.79 Å². The maximum absolute atomic E-state index is 12.7. The number of urea groups is 1. The van der Waals surface area contributed by atoms with Crippen LogP contribution in [0.2, 0.25) is 0 Å². The van der Waals surface area contributed by atoms with E-state index in [4.69, 9.17) is 9.47 Å². The van der Waals surface area contributed by atoms with Gasteiger partial charge in [0.25, 0.3) is 0 Å². The van der Waals surface area contributed by atoms with Gasteiger partial charge in [0, 0.05) is 38.8 Å². The average Bonchev–Trinajstić information content (AvgIpc) is 3.22. The molecule has 3 heterocycles. The first-order valence-corrected chi connectivity index (χ1v) is 9.71. The molecule has 30 heavy (non-hydrogen) atoms. The van der Waals surface area contributed by atoms with Crippen LogP contribution in [0.3, 0.4) is 0 Å². The number of piperazine rings is 1. The standard InChI is InChI=1S/C19H24N8O3/c1-4-27-18-16(23-24-27)17(20-12-21-18)25-7-9-26(10-8-25)19(28)22-14-6-5-13(29-2)11-15(14)30-3/h5-6,11-12H,4,7-10H2,1-3H3,(H,22,28). The van der Waals surface area contributed by atoms with Gasteiger partial charge in [0.15, 0.2) is 17.0 Å². The number of aryl methyl sites for hydroxylation is 1. The third kappa shape index (κ3) is 3.65. The van der Waals surface area contributed by atoms with Crippen molar-refractivity contribution in [2.75, 3.05) is 50.6 Å². The summed E-state index contributed by atoms with van der Waals surface area (Å²) >= 11 is 0. The number of hydrogen-bond acceptors (Lipinski definition) is 8. The van der Waals surface area contributed by atoms with Crippen LogP contribution in [0, 0.1) is 0 Å². The van der Waals surface area contributed by atoms with Crippen LogP contribution in [0.4, 0.5) is 16.3 Å². The Balaban J connectivity index is 1.43. The topological polar surface area (TPSA) is 111 Å². The number of fused-ring (bicyclic) bond motifs is 1. The number of nitrogens with one attached hydrogen (secondary N) is 1. The second kappa shape index (κ2) is 8.39. The minimum Gasteiger partial charge on any atom is -0.497 e. The summed E-state index contributed by atoms with van der Waals surface area (Å²) in [6, 6.07) is 5.10. The fourth-order valence-corrected chi connectivity index (χ4v) is 3.44.